The van der Waals surface area contributed by atoms with Crippen molar-refractivity contribution in [3.8, 4) is 0 Å². The lowest BCUT2D eigenvalue weighted by Gasteiger charge is -2.21. The summed E-state index contributed by atoms with van der Waals surface area (Å²) < 4.78 is 0. The average Bonchev–Trinajstić information content (AvgIpc) is 3.00. The minimum Gasteiger partial charge on any atom is -0.393 e. The van der Waals surface area contributed by atoms with Gasteiger partial charge in [-0.25, -0.2) is 4.98 Å². The van der Waals surface area contributed by atoms with Crippen molar-refractivity contribution in [3.63, 3.8) is 0 Å². The first kappa shape index (κ1) is 13.9. The van der Waals surface area contributed by atoms with Gasteiger partial charge in [-0.3, -0.25) is 0 Å². The third-order valence-corrected chi connectivity index (χ3v) is 4.64. The minimum absolute atomic E-state index is 0.164. The molecule has 6 heteroatoms. The molecule has 2 heterocycles. The highest BCUT2D eigenvalue weighted by Gasteiger charge is 2.42. The van der Waals surface area contributed by atoms with Gasteiger partial charge in [0.1, 0.15) is 5.02 Å². The van der Waals surface area contributed by atoms with Crippen LogP contribution in [0.25, 0.3) is 0 Å². The van der Waals surface area contributed by atoms with Crippen molar-refractivity contribution in [1.82, 2.24) is 9.97 Å². The lowest BCUT2D eigenvalue weighted by atomic mass is 10.00. The second-order valence-corrected chi connectivity index (χ2v) is 6.17. The molecule has 0 bridgehead atoms. The zero-order valence-corrected chi connectivity index (χ0v) is 12.5. The minimum atomic E-state index is -0.164. The van der Waals surface area contributed by atoms with Gasteiger partial charge in [0.2, 0.25) is 5.95 Å². The summed E-state index contributed by atoms with van der Waals surface area (Å²) in [7, 11) is 0. The van der Waals surface area contributed by atoms with Crippen molar-refractivity contribution in [1.29, 1.82) is 0 Å². The van der Waals surface area contributed by atoms with Gasteiger partial charge in [0.25, 0.3) is 0 Å². The third kappa shape index (κ3) is 2.56. The van der Waals surface area contributed by atoms with Gasteiger partial charge >= 0.3 is 0 Å². The Hall–Kier alpha value is -1.07. The molecule has 0 radical (unpaired) electrons. The zero-order chi connectivity index (χ0) is 14.1. The van der Waals surface area contributed by atoms with Crippen molar-refractivity contribution in [3.05, 3.63) is 11.2 Å². The summed E-state index contributed by atoms with van der Waals surface area (Å²) >= 11 is 6.25. The van der Waals surface area contributed by atoms with E-state index in [1.165, 1.54) is 0 Å². The summed E-state index contributed by atoms with van der Waals surface area (Å²) in [5.41, 5.74) is 0. The van der Waals surface area contributed by atoms with E-state index in [2.05, 4.69) is 27.1 Å². The molecule has 0 aromatic carbocycles. The van der Waals surface area contributed by atoms with E-state index in [1.807, 2.05) is 0 Å². The number of aromatic nitrogens is 2. The van der Waals surface area contributed by atoms with Crippen LogP contribution in [0.3, 0.4) is 0 Å². The molecule has 1 aromatic rings. The van der Waals surface area contributed by atoms with Crippen LogP contribution in [0, 0.1) is 11.8 Å². The van der Waals surface area contributed by atoms with Crippen LogP contribution in [0.15, 0.2) is 6.20 Å². The highest BCUT2D eigenvalue weighted by molar-refractivity contribution is 6.32. The molecule has 1 aliphatic heterocycles. The third-order valence-electron chi connectivity index (χ3n) is 4.38. The van der Waals surface area contributed by atoms with Crippen molar-refractivity contribution in [2.24, 2.45) is 11.8 Å². The quantitative estimate of drug-likeness (QED) is 0.891. The predicted molar refractivity (Wildman–Crippen MR) is 80.3 cm³/mol. The smallest absolute Gasteiger partial charge is 0.224 e. The molecule has 1 saturated carbocycles. The van der Waals surface area contributed by atoms with Crippen molar-refractivity contribution in [2.75, 3.05) is 29.9 Å². The first-order valence-electron chi connectivity index (χ1n) is 7.38. The summed E-state index contributed by atoms with van der Waals surface area (Å²) in [6.45, 7) is 4.74. The maximum absolute atomic E-state index is 10.00. The van der Waals surface area contributed by atoms with Gasteiger partial charge in [0, 0.05) is 25.6 Å². The number of halogens is 1. The maximum atomic E-state index is 10.00. The summed E-state index contributed by atoms with van der Waals surface area (Å²) in [5.74, 6) is 2.36. The Bertz CT molecular complexity index is 484. The van der Waals surface area contributed by atoms with E-state index in [0.29, 0.717) is 22.8 Å². The number of hydrogen-bond donors (Lipinski definition) is 2. The van der Waals surface area contributed by atoms with E-state index in [1.54, 1.807) is 6.20 Å². The Labute approximate surface area is 124 Å². The molecule has 2 N–H and O–H groups in total. The van der Waals surface area contributed by atoms with E-state index in [4.69, 9.17) is 11.6 Å². The van der Waals surface area contributed by atoms with Crippen LogP contribution in [-0.4, -0.2) is 40.8 Å². The molecule has 1 aromatic heterocycles. The molecule has 1 saturated heterocycles. The van der Waals surface area contributed by atoms with Crippen LogP contribution in [-0.2, 0) is 0 Å². The Morgan fingerprint density at radius 2 is 2.30 bits per heavy atom. The fraction of sp³-hybridized carbons (Fsp3) is 0.714. The van der Waals surface area contributed by atoms with Crippen LogP contribution in [0.4, 0.5) is 11.8 Å². The molecule has 2 fully saturated rings. The Morgan fingerprint density at radius 3 is 3.05 bits per heavy atom. The van der Waals surface area contributed by atoms with Crippen LogP contribution in [0.5, 0.6) is 0 Å². The number of aliphatic hydroxyl groups excluding tert-OH is 1. The zero-order valence-electron chi connectivity index (χ0n) is 11.7. The predicted octanol–water partition coefficient (Wildman–Crippen LogP) is 2.16. The van der Waals surface area contributed by atoms with Crippen LogP contribution >= 0.6 is 11.6 Å². The molecule has 1 aliphatic carbocycles. The first-order chi connectivity index (χ1) is 9.69. The monoisotopic (exact) mass is 296 g/mol. The van der Waals surface area contributed by atoms with Gasteiger partial charge in [-0.2, -0.15) is 4.98 Å². The molecule has 0 amide bonds. The van der Waals surface area contributed by atoms with Gasteiger partial charge < -0.3 is 15.3 Å². The number of rotatable bonds is 4. The Balaban J connectivity index is 1.76. The van der Waals surface area contributed by atoms with Crippen LogP contribution in [0.2, 0.25) is 5.02 Å². The van der Waals surface area contributed by atoms with E-state index in [9.17, 15) is 5.11 Å². The normalized spacial score (nSPS) is 28.8. The largest absolute Gasteiger partial charge is 0.393 e. The van der Waals surface area contributed by atoms with Crippen molar-refractivity contribution in [2.45, 2.75) is 32.3 Å². The number of nitrogens with zero attached hydrogens (tertiary/aromatic N) is 3. The summed E-state index contributed by atoms with van der Waals surface area (Å²) in [5, 5.41) is 13.8. The summed E-state index contributed by atoms with van der Waals surface area (Å²) in [6.07, 6.45) is 4.56. The van der Waals surface area contributed by atoms with Gasteiger partial charge in [-0.15, -0.1) is 0 Å². The molecule has 2 aliphatic rings. The summed E-state index contributed by atoms with van der Waals surface area (Å²) in [6, 6.07) is 0. The molecule has 0 spiro atoms. The summed E-state index contributed by atoms with van der Waals surface area (Å²) in [4.78, 5) is 10.9. The lowest BCUT2D eigenvalue weighted by Crippen LogP contribution is -2.25. The van der Waals surface area contributed by atoms with Gasteiger partial charge in [0.05, 0.1) is 12.3 Å². The molecule has 3 unspecified atom stereocenters. The molecular formula is C14H21ClN4O. The van der Waals surface area contributed by atoms with Gasteiger partial charge in [-0.1, -0.05) is 18.5 Å². The number of hydrogen-bond acceptors (Lipinski definition) is 5. The van der Waals surface area contributed by atoms with Crippen LogP contribution < -0.4 is 10.2 Å². The first-order valence-corrected chi connectivity index (χ1v) is 7.76. The molecule has 20 heavy (non-hydrogen) atoms. The van der Waals surface area contributed by atoms with E-state index in [0.717, 1.165) is 44.7 Å². The molecule has 5 nitrogen and oxygen atoms in total. The highest BCUT2D eigenvalue weighted by atomic mass is 35.5. The molecule has 3 rings (SSSR count). The Morgan fingerprint density at radius 1 is 1.45 bits per heavy atom. The second kappa shape index (κ2) is 5.74. The highest BCUT2D eigenvalue weighted by Crippen LogP contribution is 2.40. The number of nitrogens with one attached hydrogen (secondary N) is 1. The molecule has 110 valence electrons. The number of aliphatic hydroxyl groups is 1. The van der Waals surface area contributed by atoms with Crippen molar-refractivity contribution < 1.29 is 5.11 Å². The van der Waals surface area contributed by atoms with Crippen LogP contribution in [0.1, 0.15) is 26.2 Å². The standard InChI is InChI=1S/C14H21ClN4O/c1-2-5-16-14-17-6-11(15)13(18-14)19-7-9-3-4-12(20)10(9)8-19/h6,9-10,12,20H,2-5,7-8H2,1H3,(H,16,17,18). The maximum Gasteiger partial charge on any atom is 0.224 e. The van der Waals surface area contributed by atoms with Gasteiger partial charge in [-0.05, 0) is 25.2 Å². The Kier molecular flexibility index (Phi) is 3.98. The fourth-order valence-electron chi connectivity index (χ4n) is 3.31. The SMILES string of the molecule is CCCNc1ncc(Cl)c(N2CC3CCC(O)C3C2)n1. The second-order valence-electron chi connectivity index (χ2n) is 5.77. The molecular weight excluding hydrogens is 276 g/mol. The topological polar surface area (TPSA) is 61.3 Å². The number of fused-ring (bicyclic) bond motifs is 1. The van der Waals surface area contributed by atoms with E-state index in [-0.39, 0.29) is 6.10 Å². The number of anilines is 2. The van der Waals surface area contributed by atoms with E-state index >= 15 is 0 Å². The van der Waals surface area contributed by atoms with Gasteiger partial charge in [0.15, 0.2) is 5.82 Å². The van der Waals surface area contributed by atoms with Crippen molar-refractivity contribution >= 4 is 23.4 Å². The average molecular weight is 297 g/mol. The van der Waals surface area contributed by atoms with E-state index < -0.39 is 0 Å². The lowest BCUT2D eigenvalue weighted by molar-refractivity contribution is 0.133. The fourth-order valence-corrected chi connectivity index (χ4v) is 3.52. The molecule has 3 atom stereocenters.